The summed E-state index contributed by atoms with van der Waals surface area (Å²) in [4.78, 5) is 12.8. The molecule has 1 aliphatic rings. The predicted octanol–water partition coefficient (Wildman–Crippen LogP) is 4.83. The summed E-state index contributed by atoms with van der Waals surface area (Å²) >= 11 is 0. The van der Waals surface area contributed by atoms with Crippen LogP contribution in [0.4, 0.5) is 0 Å². The zero-order valence-corrected chi connectivity index (χ0v) is 17.6. The maximum atomic E-state index is 12.8. The molecule has 0 atom stereocenters. The molecule has 1 N–H and O–H groups in total. The standard InChI is InChI=1S/C25H24N2O2.ClH/c28-25-15-19(9-8-18-5-2-1-3-6-18)12-14-27(25)20-10-11-21-22-17-26-13-4-7-23(22)29-24(21)16-20;/h1-3,5-6,10-12,14-16,26H,4,7-9,13,17H2;1H. The van der Waals surface area contributed by atoms with Gasteiger partial charge in [-0.15, -0.1) is 12.4 Å². The molecule has 0 amide bonds. The van der Waals surface area contributed by atoms with Gasteiger partial charge < -0.3 is 9.73 Å². The first-order chi connectivity index (χ1) is 14.3. The Balaban J connectivity index is 0.00000218. The Labute approximate surface area is 181 Å². The molecule has 154 valence electrons. The number of hydrogen-bond acceptors (Lipinski definition) is 3. The molecule has 5 rings (SSSR count). The van der Waals surface area contributed by atoms with Crippen molar-refractivity contribution in [3.8, 4) is 5.69 Å². The largest absolute Gasteiger partial charge is 0.461 e. The number of rotatable bonds is 4. The van der Waals surface area contributed by atoms with Gasteiger partial charge in [0.1, 0.15) is 11.3 Å². The highest BCUT2D eigenvalue weighted by Gasteiger charge is 2.17. The molecule has 2 aromatic heterocycles. The van der Waals surface area contributed by atoms with E-state index in [-0.39, 0.29) is 18.0 Å². The Kier molecular flexibility index (Phi) is 6.07. The summed E-state index contributed by atoms with van der Waals surface area (Å²) in [6, 6.07) is 20.2. The van der Waals surface area contributed by atoms with Crippen LogP contribution in [-0.4, -0.2) is 11.1 Å². The van der Waals surface area contributed by atoms with Crippen LogP contribution < -0.4 is 10.9 Å². The first-order valence-electron chi connectivity index (χ1n) is 10.3. The number of aryl methyl sites for hydroxylation is 3. The molecule has 0 saturated carbocycles. The molecule has 30 heavy (non-hydrogen) atoms. The summed E-state index contributed by atoms with van der Waals surface area (Å²) in [6.07, 6.45) is 5.71. The van der Waals surface area contributed by atoms with E-state index in [4.69, 9.17) is 4.42 Å². The summed E-state index contributed by atoms with van der Waals surface area (Å²) in [5.74, 6) is 1.07. The van der Waals surface area contributed by atoms with Crippen LogP contribution in [0.2, 0.25) is 0 Å². The number of pyridine rings is 1. The third-order valence-electron chi connectivity index (χ3n) is 5.73. The molecule has 0 fully saturated rings. The first-order valence-corrected chi connectivity index (χ1v) is 10.3. The summed E-state index contributed by atoms with van der Waals surface area (Å²) in [5, 5.41) is 4.60. The lowest BCUT2D eigenvalue weighted by Gasteiger charge is -2.08. The average molecular weight is 421 g/mol. The van der Waals surface area contributed by atoms with Crippen molar-refractivity contribution in [2.75, 3.05) is 6.54 Å². The average Bonchev–Trinajstić information content (AvgIpc) is 2.92. The molecule has 0 unspecified atom stereocenters. The van der Waals surface area contributed by atoms with E-state index in [1.165, 1.54) is 11.1 Å². The summed E-state index contributed by atoms with van der Waals surface area (Å²) < 4.78 is 7.82. The molecular weight excluding hydrogens is 396 g/mol. The van der Waals surface area contributed by atoms with Gasteiger partial charge in [-0.05, 0) is 55.1 Å². The smallest absolute Gasteiger partial charge is 0.255 e. The van der Waals surface area contributed by atoms with Gasteiger partial charge in [-0.3, -0.25) is 9.36 Å². The topological polar surface area (TPSA) is 47.2 Å². The lowest BCUT2D eigenvalue weighted by molar-refractivity contribution is 0.541. The van der Waals surface area contributed by atoms with E-state index in [0.717, 1.165) is 66.8 Å². The van der Waals surface area contributed by atoms with Crippen LogP contribution in [0.25, 0.3) is 16.7 Å². The number of fused-ring (bicyclic) bond motifs is 3. The summed E-state index contributed by atoms with van der Waals surface area (Å²) in [6.45, 7) is 1.87. The number of benzene rings is 2. The van der Waals surface area contributed by atoms with Crippen LogP contribution in [0.5, 0.6) is 0 Å². The number of hydrogen-bond donors (Lipinski definition) is 1. The van der Waals surface area contributed by atoms with E-state index >= 15 is 0 Å². The van der Waals surface area contributed by atoms with Crippen molar-refractivity contribution in [2.24, 2.45) is 0 Å². The van der Waals surface area contributed by atoms with Crippen molar-refractivity contribution < 1.29 is 4.42 Å². The monoisotopic (exact) mass is 420 g/mol. The molecule has 0 saturated heterocycles. The molecule has 0 spiro atoms. The zero-order chi connectivity index (χ0) is 19.6. The molecule has 4 nitrogen and oxygen atoms in total. The molecule has 1 aliphatic heterocycles. The van der Waals surface area contributed by atoms with Gasteiger partial charge in [0.25, 0.3) is 5.56 Å². The van der Waals surface area contributed by atoms with Crippen LogP contribution in [0.3, 0.4) is 0 Å². The second kappa shape index (κ2) is 8.90. The second-order valence-corrected chi connectivity index (χ2v) is 7.69. The Morgan fingerprint density at radius 3 is 2.63 bits per heavy atom. The third kappa shape index (κ3) is 4.07. The van der Waals surface area contributed by atoms with E-state index in [0.29, 0.717) is 0 Å². The Morgan fingerprint density at radius 2 is 1.80 bits per heavy atom. The molecule has 4 aromatic rings. The van der Waals surface area contributed by atoms with Gasteiger partial charge in [0.05, 0.1) is 5.69 Å². The zero-order valence-electron chi connectivity index (χ0n) is 16.8. The maximum absolute atomic E-state index is 12.8. The van der Waals surface area contributed by atoms with Crippen LogP contribution in [0, 0.1) is 0 Å². The van der Waals surface area contributed by atoms with Crippen molar-refractivity contribution in [2.45, 2.75) is 32.2 Å². The van der Waals surface area contributed by atoms with Crippen molar-refractivity contribution in [3.05, 3.63) is 99.7 Å². The molecule has 3 heterocycles. The fourth-order valence-electron chi connectivity index (χ4n) is 4.14. The van der Waals surface area contributed by atoms with Gasteiger partial charge in [0.15, 0.2) is 0 Å². The Bertz CT molecular complexity index is 1210. The highest BCUT2D eigenvalue weighted by molar-refractivity contribution is 5.85. The molecule has 0 bridgehead atoms. The summed E-state index contributed by atoms with van der Waals surface area (Å²) in [7, 11) is 0. The summed E-state index contributed by atoms with van der Waals surface area (Å²) in [5.41, 5.74) is 5.30. The SMILES string of the molecule is Cl.O=c1cc(CCc2ccccc2)ccn1-c1ccc2c3c(oc2c1)CCCNC3. The third-order valence-corrected chi connectivity index (χ3v) is 5.73. The highest BCUT2D eigenvalue weighted by Crippen LogP contribution is 2.29. The van der Waals surface area contributed by atoms with E-state index in [2.05, 4.69) is 23.5 Å². The lowest BCUT2D eigenvalue weighted by atomic mass is 10.1. The number of nitrogens with one attached hydrogen (secondary N) is 1. The van der Waals surface area contributed by atoms with E-state index in [1.54, 1.807) is 10.6 Å². The number of nitrogens with zero attached hydrogens (tertiary/aromatic N) is 1. The van der Waals surface area contributed by atoms with Crippen LogP contribution in [0.1, 0.15) is 28.9 Å². The van der Waals surface area contributed by atoms with Crippen molar-refractivity contribution >= 4 is 23.4 Å². The van der Waals surface area contributed by atoms with Crippen LogP contribution in [0.15, 0.2) is 76.1 Å². The van der Waals surface area contributed by atoms with Crippen LogP contribution in [-0.2, 0) is 25.8 Å². The predicted molar refractivity (Wildman–Crippen MR) is 123 cm³/mol. The van der Waals surface area contributed by atoms with Gasteiger partial charge in [-0.1, -0.05) is 30.3 Å². The van der Waals surface area contributed by atoms with E-state index in [1.807, 2.05) is 42.6 Å². The lowest BCUT2D eigenvalue weighted by Crippen LogP contribution is -2.17. The van der Waals surface area contributed by atoms with Gasteiger partial charge in [-0.25, -0.2) is 0 Å². The minimum atomic E-state index is -0.00954. The second-order valence-electron chi connectivity index (χ2n) is 7.69. The van der Waals surface area contributed by atoms with Crippen molar-refractivity contribution in [3.63, 3.8) is 0 Å². The number of halogens is 1. The first kappa shape index (κ1) is 20.5. The van der Waals surface area contributed by atoms with Gasteiger partial charge in [0.2, 0.25) is 0 Å². The molecule has 5 heteroatoms. The van der Waals surface area contributed by atoms with Gasteiger partial charge >= 0.3 is 0 Å². The fourth-order valence-corrected chi connectivity index (χ4v) is 4.14. The van der Waals surface area contributed by atoms with E-state index < -0.39 is 0 Å². The number of furan rings is 1. The molecular formula is C25H25ClN2O2. The van der Waals surface area contributed by atoms with Gasteiger partial charge in [0, 0.05) is 42.2 Å². The van der Waals surface area contributed by atoms with Gasteiger partial charge in [-0.2, -0.15) is 0 Å². The van der Waals surface area contributed by atoms with E-state index in [9.17, 15) is 4.79 Å². The molecule has 2 aromatic carbocycles. The maximum Gasteiger partial charge on any atom is 0.255 e. The van der Waals surface area contributed by atoms with Crippen molar-refractivity contribution in [1.29, 1.82) is 0 Å². The minimum Gasteiger partial charge on any atom is -0.461 e. The quantitative estimate of drug-likeness (QED) is 0.514. The van der Waals surface area contributed by atoms with Crippen molar-refractivity contribution in [1.82, 2.24) is 9.88 Å². The fraction of sp³-hybridized carbons (Fsp3) is 0.240. The Hall–Kier alpha value is -2.82. The molecule has 0 radical (unpaired) electrons. The normalized spacial score (nSPS) is 13.5. The Morgan fingerprint density at radius 1 is 0.967 bits per heavy atom. The number of aromatic nitrogens is 1. The minimum absolute atomic E-state index is 0. The van der Waals surface area contributed by atoms with Crippen LogP contribution >= 0.6 is 12.4 Å². The molecule has 0 aliphatic carbocycles. The highest BCUT2D eigenvalue weighted by atomic mass is 35.5.